The maximum atomic E-state index is 13.5. The minimum absolute atomic E-state index is 0.168. The van der Waals surface area contributed by atoms with Crippen molar-refractivity contribution in [1.29, 1.82) is 0 Å². The molecule has 8 nitrogen and oxygen atoms in total. The molecule has 5 rings (SSSR count). The highest BCUT2D eigenvalue weighted by Crippen LogP contribution is 2.31. The second kappa shape index (κ2) is 8.59. The number of nitrogens with zero attached hydrogens (tertiary/aromatic N) is 4. The van der Waals surface area contributed by atoms with Crippen LogP contribution in [0.15, 0.2) is 58.0 Å². The number of nitro groups is 1. The molecule has 166 valence electrons. The van der Waals surface area contributed by atoms with Gasteiger partial charge in [-0.1, -0.05) is 23.5 Å². The lowest BCUT2D eigenvalue weighted by molar-refractivity contribution is -0.402. The van der Waals surface area contributed by atoms with E-state index < -0.39 is 4.92 Å². The topological polar surface area (TPSA) is 102 Å². The molecule has 4 aromatic rings. The molecule has 1 amide bonds. The fourth-order valence-corrected chi connectivity index (χ4v) is 4.93. The Hall–Kier alpha value is -3.85. The SMILES string of the molecule is Cc1ccc2nc(N(/N=C/c3ccc([N+](=O)[O-])o3)C(=O)c3ccc4c(c3)CCCC4)sc2c1. The van der Waals surface area contributed by atoms with E-state index in [0.29, 0.717) is 10.7 Å². The number of benzene rings is 2. The molecule has 0 atom stereocenters. The molecule has 0 unspecified atom stereocenters. The largest absolute Gasteiger partial charge is 0.433 e. The monoisotopic (exact) mass is 460 g/mol. The van der Waals surface area contributed by atoms with Crippen molar-refractivity contribution in [3.63, 3.8) is 0 Å². The minimum Gasteiger partial charge on any atom is -0.400 e. The van der Waals surface area contributed by atoms with E-state index in [4.69, 9.17) is 4.42 Å². The Labute approximate surface area is 193 Å². The molecule has 0 saturated carbocycles. The first-order valence-electron chi connectivity index (χ1n) is 10.6. The highest BCUT2D eigenvalue weighted by Gasteiger charge is 2.23. The summed E-state index contributed by atoms with van der Waals surface area (Å²) in [5.74, 6) is -0.544. The molecule has 0 fully saturated rings. The molecule has 2 aromatic carbocycles. The second-order valence-electron chi connectivity index (χ2n) is 7.95. The molecule has 0 radical (unpaired) electrons. The smallest absolute Gasteiger partial charge is 0.400 e. The summed E-state index contributed by atoms with van der Waals surface area (Å²) in [6.45, 7) is 2.00. The van der Waals surface area contributed by atoms with Crippen molar-refractivity contribution in [2.45, 2.75) is 32.6 Å². The molecule has 9 heteroatoms. The summed E-state index contributed by atoms with van der Waals surface area (Å²) in [5, 5.41) is 16.9. The van der Waals surface area contributed by atoms with Crippen LogP contribution >= 0.6 is 11.3 Å². The fraction of sp³-hybridized carbons (Fsp3) is 0.208. The number of furan rings is 1. The third kappa shape index (κ3) is 4.27. The van der Waals surface area contributed by atoms with Crippen LogP contribution in [0.1, 0.15) is 45.7 Å². The quantitative estimate of drug-likeness (QED) is 0.217. The van der Waals surface area contributed by atoms with E-state index in [-0.39, 0.29) is 17.6 Å². The van der Waals surface area contributed by atoms with Gasteiger partial charge in [-0.15, -0.1) is 0 Å². The first kappa shape index (κ1) is 21.0. The van der Waals surface area contributed by atoms with Gasteiger partial charge in [0, 0.05) is 5.56 Å². The van der Waals surface area contributed by atoms with E-state index in [9.17, 15) is 14.9 Å². The van der Waals surface area contributed by atoms with Gasteiger partial charge in [0.05, 0.1) is 22.5 Å². The molecule has 0 bridgehead atoms. The number of fused-ring (bicyclic) bond motifs is 2. The van der Waals surface area contributed by atoms with Crippen molar-refractivity contribution in [2.24, 2.45) is 5.10 Å². The lowest BCUT2D eigenvalue weighted by Crippen LogP contribution is -2.26. The Balaban J connectivity index is 1.54. The van der Waals surface area contributed by atoms with Crippen LogP contribution in [0.2, 0.25) is 0 Å². The molecule has 33 heavy (non-hydrogen) atoms. The van der Waals surface area contributed by atoms with Crippen LogP contribution in [-0.4, -0.2) is 22.0 Å². The number of carbonyl (C=O) groups is 1. The molecule has 0 saturated heterocycles. The van der Waals surface area contributed by atoms with Crippen molar-refractivity contribution in [3.05, 3.63) is 86.7 Å². The van der Waals surface area contributed by atoms with Crippen LogP contribution in [0.25, 0.3) is 10.2 Å². The number of thiazole rings is 1. The summed E-state index contributed by atoms with van der Waals surface area (Å²) >= 11 is 1.36. The Bertz CT molecular complexity index is 1400. The summed E-state index contributed by atoms with van der Waals surface area (Å²) in [4.78, 5) is 28.4. The van der Waals surface area contributed by atoms with Crippen molar-refractivity contribution in [1.82, 2.24) is 4.98 Å². The van der Waals surface area contributed by atoms with Gasteiger partial charge in [-0.25, -0.2) is 4.98 Å². The molecule has 2 aromatic heterocycles. The Morgan fingerprint density at radius 2 is 1.97 bits per heavy atom. The Kier molecular flexibility index (Phi) is 5.47. The van der Waals surface area contributed by atoms with Gasteiger partial charge in [0.2, 0.25) is 5.13 Å². The van der Waals surface area contributed by atoms with E-state index in [0.717, 1.165) is 41.5 Å². The third-order valence-electron chi connectivity index (χ3n) is 5.59. The maximum absolute atomic E-state index is 13.5. The van der Waals surface area contributed by atoms with Gasteiger partial charge in [0.15, 0.2) is 5.76 Å². The molecular formula is C24H20N4O4S. The zero-order chi connectivity index (χ0) is 22.9. The van der Waals surface area contributed by atoms with Gasteiger partial charge in [-0.2, -0.15) is 10.1 Å². The zero-order valence-electron chi connectivity index (χ0n) is 17.9. The zero-order valence-corrected chi connectivity index (χ0v) is 18.7. The van der Waals surface area contributed by atoms with Gasteiger partial charge < -0.3 is 4.42 Å². The number of rotatable bonds is 5. The van der Waals surface area contributed by atoms with Crippen LogP contribution in [0.3, 0.4) is 0 Å². The van der Waals surface area contributed by atoms with E-state index in [1.165, 1.54) is 45.8 Å². The highest BCUT2D eigenvalue weighted by atomic mass is 32.1. The first-order valence-corrected chi connectivity index (χ1v) is 11.4. The summed E-state index contributed by atoms with van der Waals surface area (Å²) in [5.41, 5.74) is 4.86. The summed E-state index contributed by atoms with van der Waals surface area (Å²) in [7, 11) is 0. The molecule has 1 aliphatic carbocycles. The fourth-order valence-electron chi connectivity index (χ4n) is 3.91. The number of aromatic nitrogens is 1. The van der Waals surface area contributed by atoms with E-state index >= 15 is 0 Å². The number of carbonyl (C=O) groups excluding carboxylic acids is 1. The van der Waals surface area contributed by atoms with Gasteiger partial charge in [0.25, 0.3) is 5.91 Å². The van der Waals surface area contributed by atoms with Gasteiger partial charge in [-0.3, -0.25) is 14.9 Å². The molecular weight excluding hydrogens is 440 g/mol. The molecule has 1 aliphatic rings. The third-order valence-corrected chi connectivity index (χ3v) is 6.59. The Morgan fingerprint density at radius 3 is 2.76 bits per heavy atom. The standard InChI is InChI=1S/C24H20N4O4S/c1-15-6-10-20-21(12-15)33-24(26-20)27(25-14-19-9-11-22(32-19)28(30)31)23(29)18-8-7-16-4-2-3-5-17(16)13-18/h6-14H,2-5H2,1H3/b25-14+. The number of anilines is 1. The van der Waals surface area contributed by atoms with Crippen LogP contribution in [-0.2, 0) is 12.8 Å². The number of hydrazone groups is 1. The van der Waals surface area contributed by atoms with Crippen molar-refractivity contribution >= 4 is 44.7 Å². The number of amides is 1. The molecule has 0 N–H and O–H groups in total. The van der Waals surface area contributed by atoms with Crippen LogP contribution < -0.4 is 5.01 Å². The summed E-state index contributed by atoms with van der Waals surface area (Å²) < 4.78 is 6.10. The molecule has 2 heterocycles. The predicted octanol–water partition coefficient (Wildman–Crippen LogP) is 5.67. The van der Waals surface area contributed by atoms with Crippen LogP contribution in [0, 0.1) is 17.0 Å². The summed E-state index contributed by atoms with van der Waals surface area (Å²) in [6.07, 6.45) is 5.55. The number of aryl methyl sites for hydroxylation is 3. The average Bonchev–Trinajstić information content (AvgIpc) is 3.46. The van der Waals surface area contributed by atoms with Gasteiger partial charge in [-0.05, 0) is 79.6 Å². The number of hydrogen-bond acceptors (Lipinski definition) is 7. The van der Waals surface area contributed by atoms with Crippen LogP contribution in [0.4, 0.5) is 11.0 Å². The van der Waals surface area contributed by atoms with E-state index in [1.807, 2.05) is 43.3 Å². The first-order chi connectivity index (χ1) is 16.0. The van der Waals surface area contributed by atoms with Crippen molar-refractivity contribution in [2.75, 3.05) is 5.01 Å². The summed E-state index contributed by atoms with van der Waals surface area (Å²) in [6, 6.07) is 14.3. The van der Waals surface area contributed by atoms with E-state index in [2.05, 4.69) is 10.1 Å². The van der Waals surface area contributed by atoms with Crippen molar-refractivity contribution in [3.8, 4) is 0 Å². The minimum atomic E-state index is -0.622. The Morgan fingerprint density at radius 1 is 1.15 bits per heavy atom. The molecule has 0 aliphatic heterocycles. The average molecular weight is 461 g/mol. The van der Waals surface area contributed by atoms with Crippen molar-refractivity contribution < 1.29 is 14.1 Å². The van der Waals surface area contributed by atoms with Gasteiger partial charge >= 0.3 is 5.88 Å². The number of hydrogen-bond donors (Lipinski definition) is 0. The normalized spacial score (nSPS) is 13.4. The second-order valence-corrected chi connectivity index (χ2v) is 8.96. The lowest BCUT2D eigenvalue weighted by atomic mass is 9.90. The predicted molar refractivity (Wildman–Crippen MR) is 127 cm³/mol. The lowest BCUT2D eigenvalue weighted by Gasteiger charge is -2.18. The maximum Gasteiger partial charge on any atom is 0.433 e. The molecule has 0 spiro atoms. The van der Waals surface area contributed by atoms with Gasteiger partial charge in [0.1, 0.15) is 4.92 Å². The van der Waals surface area contributed by atoms with Crippen LogP contribution in [0.5, 0.6) is 0 Å². The highest BCUT2D eigenvalue weighted by molar-refractivity contribution is 7.22. The van der Waals surface area contributed by atoms with E-state index in [1.54, 1.807) is 0 Å².